The number of nitrogens with one attached hydrogen (secondary N) is 3. The summed E-state index contributed by atoms with van der Waals surface area (Å²) in [6.07, 6.45) is 2.77. The number of halogens is 2. The molecule has 10 heteroatoms. The number of aromatic amines is 1. The normalized spacial score (nSPS) is 33.3. The van der Waals surface area contributed by atoms with Crippen LogP contribution in [0.25, 0.3) is 0 Å². The molecule has 3 aliphatic heterocycles. The van der Waals surface area contributed by atoms with E-state index in [0.29, 0.717) is 18.1 Å². The summed E-state index contributed by atoms with van der Waals surface area (Å²) in [5.74, 6) is 0.891. The van der Waals surface area contributed by atoms with E-state index in [1.807, 2.05) is 6.07 Å². The van der Waals surface area contributed by atoms with Gasteiger partial charge in [0, 0.05) is 35.0 Å². The van der Waals surface area contributed by atoms with Crippen molar-refractivity contribution in [3.8, 4) is 5.88 Å². The van der Waals surface area contributed by atoms with Gasteiger partial charge in [-0.3, -0.25) is 5.10 Å². The first-order valence-corrected chi connectivity index (χ1v) is 11.1. The van der Waals surface area contributed by atoms with Crippen molar-refractivity contribution in [3.05, 3.63) is 29.6 Å². The number of ether oxygens (including phenoxy) is 2. The van der Waals surface area contributed by atoms with E-state index in [0.717, 1.165) is 50.6 Å². The van der Waals surface area contributed by atoms with Gasteiger partial charge in [-0.05, 0) is 56.4 Å². The van der Waals surface area contributed by atoms with Crippen LogP contribution in [0.5, 0.6) is 5.88 Å². The Kier molecular flexibility index (Phi) is 4.35. The van der Waals surface area contributed by atoms with Crippen LogP contribution in [0.1, 0.15) is 68.7 Å². The largest absolute Gasteiger partial charge is 0.478 e. The highest BCUT2D eigenvalue weighted by Crippen LogP contribution is 2.68. The van der Waals surface area contributed by atoms with Gasteiger partial charge in [-0.15, -0.1) is 0 Å². The van der Waals surface area contributed by atoms with Crippen LogP contribution in [0.4, 0.5) is 25.1 Å². The van der Waals surface area contributed by atoms with E-state index < -0.39 is 6.43 Å². The molecule has 0 saturated heterocycles. The highest BCUT2D eigenvalue weighted by atomic mass is 19.3. The molecule has 2 aromatic rings. The summed E-state index contributed by atoms with van der Waals surface area (Å²) in [6, 6.07) is 4.81. The zero-order valence-corrected chi connectivity index (χ0v) is 17.5. The Labute approximate surface area is 183 Å². The van der Waals surface area contributed by atoms with Crippen LogP contribution in [0.15, 0.2) is 18.2 Å². The zero-order valence-electron chi connectivity index (χ0n) is 17.5. The number of alkyl halides is 2. The highest BCUT2D eigenvalue weighted by Gasteiger charge is 2.68. The van der Waals surface area contributed by atoms with Gasteiger partial charge in [0.05, 0.1) is 6.61 Å². The molecule has 5 heterocycles. The van der Waals surface area contributed by atoms with E-state index in [-0.39, 0.29) is 40.6 Å². The second-order valence-electron chi connectivity index (χ2n) is 9.82. The Balaban J connectivity index is 1.27. The maximum Gasteiger partial charge on any atom is 0.407 e. The molecular weight excluding hydrogens is 420 g/mol. The molecule has 0 spiro atoms. The number of hydrogen-bond donors (Lipinski definition) is 3. The van der Waals surface area contributed by atoms with Crippen molar-refractivity contribution < 1.29 is 23.0 Å². The Hall–Kier alpha value is -2.91. The molecule has 8 bridgehead atoms. The van der Waals surface area contributed by atoms with Crippen LogP contribution < -0.4 is 15.4 Å². The number of aromatic nitrogens is 3. The molecule has 0 aromatic carbocycles. The maximum absolute atomic E-state index is 13.4. The quantitative estimate of drug-likeness (QED) is 0.595. The van der Waals surface area contributed by atoms with E-state index in [1.54, 1.807) is 6.07 Å². The number of pyridine rings is 1. The summed E-state index contributed by atoms with van der Waals surface area (Å²) in [5, 5.41) is 13.5. The molecule has 4 aliphatic carbocycles. The summed E-state index contributed by atoms with van der Waals surface area (Å²) >= 11 is 0. The average molecular weight is 445 g/mol. The van der Waals surface area contributed by atoms with Crippen molar-refractivity contribution in [2.45, 2.75) is 68.9 Å². The standard InChI is InChI=1S/C22H25F2N5O3/c23-19(24)16-6-13-7-18(26-16)31-4-3-21-9-22(10-21,11-21)27-20(30)32-14-2-1-12(5-14)15-8-17(25-13)29-28-15/h6-8,12,14,19H,1-5,9-11H2,(H,27,30)(H2,25,28,29)/t12-,14+,21?,22?/m0/s1. The predicted octanol–water partition coefficient (Wildman–Crippen LogP) is 4.55. The van der Waals surface area contributed by atoms with Crippen LogP contribution in [0.3, 0.4) is 0 Å². The first-order chi connectivity index (χ1) is 15.4. The SMILES string of the molecule is O=C1NC23CC(CCOc4cc(cc(C(F)F)n4)Nc4cc([nH]n4)[C@H]4CC[C@H](C4)O1)(C2)C3. The molecule has 1 amide bonds. The van der Waals surface area contributed by atoms with Crippen LogP contribution in [0, 0.1) is 5.41 Å². The summed E-state index contributed by atoms with van der Waals surface area (Å²) in [7, 11) is 0. The van der Waals surface area contributed by atoms with Gasteiger partial charge in [-0.2, -0.15) is 5.10 Å². The van der Waals surface area contributed by atoms with Crippen LogP contribution in [-0.2, 0) is 4.74 Å². The molecule has 4 saturated carbocycles. The fraction of sp³-hybridized carbons (Fsp3) is 0.591. The molecule has 170 valence electrons. The summed E-state index contributed by atoms with van der Waals surface area (Å²) in [4.78, 5) is 16.4. The molecule has 2 aromatic heterocycles. The lowest BCUT2D eigenvalue weighted by atomic mass is 9.38. The number of carbonyl (C=O) groups is 1. The van der Waals surface area contributed by atoms with Gasteiger partial charge < -0.3 is 20.1 Å². The van der Waals surface area contributed by atoms with Crippen LogP contribution in [-0.4, -0.2) is 39.5 Å². The Morgan fingerprint density at radius 3 is 2.81 bits per heavy atom. The zero-order chi connectivity index (χ0) is 21.9. The minimum atomic E-state index is -2.70. The molecule has 0 unspecified atom stereocenters. The van der Waals surface area contributed by atoms with E-state index >= 15 is 0 Å². The second-order valence-corrected chi connectivity index (χ2v) is 9.82. The smallest absolute Gasteiger partial charge is 0.407 e. The fourth-order valence-corrected chi connectivity index (χ4v) is 6.04. The topological polar surface area (TPSA) is 101 Å². The molecule has 9 rings (SSSR count). The lowest BCUT2D eigenvalue weighted by molar-refractivity contribution is -0.159. The van der Waals surface area contributed by atoms with Crippen molar-refractivity contribution in [2.24, 2.45) is 5.41 Å². The van der Waals surface area contributed by atoms with Crippen molar-refractivity contribution in [1.82, 2.24) is 20.5 Å². The van der Waals surface area contributed by atoms with Crippen LogP contribution >= 0.6 is 0 Å². The third-order valence-electron chi connectivity index (χ3n) is 7.40. The lowest BCUT2D eigenvalue weighted by Crippen LogP contribution is -2.74. The van der Waals surface area contributed by atoms with Gasteiger partial charge in [0.25, 0.3) is 6.43 Å². The lowest BCUT2D eigenvalue weighted by Gasteiger charge is -2.70. The number of nitrogens with zero attached hydrogens (tertiary/aromatic N) is 2. The van der Waals surface area contributed by atoms with E-state index in [2.05, 4.69) is 25.8 Å². The number of amides is 1. The van der Waals surface area contributed by atoms with Crippen LogP contribution in [0.2, 0.25) is 0 Å². The number of hydrogen-bond acceptors (Lipinski definition) is 6. The van der Waals surface area contributed by atoms with E-state index in [4.69, 9.17) is 9.47 Å². The van der Waals surface area contributed by atoms with Gasteiger partial charge in [0.15, 0.2) is 5.82 Å². The van der Waals surface area contributed by atoms with E-state index in [9.17, 15) is 13.6 Å². The van der Waals surface area contributed by atoms with Gasteiger partial charge in [-0.25, -0.2) is 18.6 Å². The monoisotopic (exact) mass is 445 g/mol. The number of alkyl carbamates (subject to hydrolysis) is 1. The molecule has 4 fully saturated rings. The molecular formula is C22H25F2N5O3. The number of anilines is 2. The van der Waals surface area contributed by atoms with E-state index in [1.165, 1.54) is 6.07 Å². The Morgan fingerprint density at radius 1 is 1.16 bits per heavy atom. The molecule has 32 heavy (non-hydrogen) atoms. The van der Waals surface area contributed by atoms with Crippen molar-refractivity contribution in [2.75, 3.05) is 11.9 Å². The number of H-pyrrole nitrogens is 1. The highest BCUT2D eigenvalue weighted by molar-refractivity contribution is 5.69. The van der Waals surface area contributed by atoms with Gasteiger partial charge in [0.1, 0.15) is 11.8 Å². The Morgan fingerprint density at radius 2 is 2.00 bits per heavy atom. The summed E-state index contributed by atoms with van der Waals surface area (Å²) < 4.78 is 38.3. The molecule has 7 aliphatic rings. The number of rotatable bonds is 1. The van der Waals surface area contributed by atoms with Crippen molar-refractivity contribution >= 4 is 17.6 Å². The van der Waals surface area contributed by atoms with Gasteiger partial charge >= 0.3 is 6.09 Å². The minimum absolute atomic E-state index is 0.118. The first-order valence-electron chi connectivity index (χ1n) is 11.1. The van der Waals surface area contributed by atoms with Gasteiger partial charge in [0.2, 0.25) is 5.88 Å². The van der Waals surface area contributed by atoms with Gasteiger partial charge in [-0.1, -0.05) is 0 Å². The van der Waals surface area contributed by atoms with Crippen molar-refractivity contribution in [1.29, 1.82) is 0 Å². The maximum atomic E-state index is 13.4. The second kappa shape index (κ2) is 7.05. The Bertz CT molecular complexity index is 1040. The molecule has 2 atom stereocenters. The molecule has 0 radical (unpaired) electrons. The minimum Gasteiger partial charge on any atom is -0.478 e. The third-order valence-corrected chi connectivity index (χ3v) is 7.40. The summed E-state index contributed by atoms with van der Waals surface area (Å²) in [6.45, 7) is 0.385. The summed E-state index contributed by atoms with van der Waals surface area (Å²) in [5.41, 5.74) is 1.04. The number of carbonyl (C=O) groups excluding carboxylic acids is 1. The third kappa shape index (κ3) is 3.45. The van der Waals surface area contributed by atoms with Crippen molar-refractivity contribution in [3.63, 3.8) is 0 Å². The average Bonchev–Trinajstić information content (AvgIpc) is 3.33. The predicted molar refractivity (Wildman–Crippen MR) is 110 cm³/mol. The molecule has 3 N–H and O–H groups in total. The fourth-order valence-electron chi connectivity index (χ4n) is 6.04. The molecule has 8 nitrogen and oxygen atoms in total. The first kappa shape index (κ1) is 19.8.